The number of hydrogen-bond acceptors (Lipinski definition) is 25. The van der Waals surface area contributed by atoms with Crippen molar-refractivity contribution in [1.29, 1.82) is 0 Å². The molecule has 0 aromatic rings. The molecule has 0 radical (unpaired) electrons. The molecule has 8 aliphatic rings. The summed E-state index contributed by atoms with van der Waals surface area (Å²) in [5.74, 6) is -3.26. The maximum atomic E-state index is 13.1. The first kappa shape index (κ1) is 59.9. The van der Waals surface area contributed by atoms with Gasteiger partial charge in [-0.05, 0) is 76.5 Å². The highest BCUT2D eigenvalue weighted by atomic mass is 16.8. The zero-order valence-electron chi connectivity index (χ0n) is 42.4. The van der Waals surface area contributed by atoms with Gasteiger partial charge in [-0.3, -0.25) is 4.79 Å². The SMILES string of the molecule is COC1CC(C2[OH+]C3CC(O)CC(O[C@@H]4O[C@H](CO)[C@@H](O)[C@H](O)[C@H]4O)C3CC2O[C@@H]2O[C@H](COC(=O)C=CC3CCC(O)C(O)C3)[C@@H](O)[C@H](O)[C@H]2O[C@@H]2O[C@H](COC(=O)C3CCC(O)CC3)[C@@H](O)[C@H](O)[C@H]2O)CCC1O. The summed E-state index contributed by atoms with van der Waals surface area (Å²) >= 11 is 0. The second-order valence-electron chi connectivity index (χ2n) is 22.2. The first-order valence-corrected chi connectivity index (χ1v) is 26.9. The van der Waals surface area contributed by atoms with E-state index in [1.165, 1.54) is 13.2 Å². The molecule has 0 spiro atoms. The van der Waals surface area contributed by atoms with Gasteiger partial charge in [-0.1, -0.05) is 6.08 Å². The van der Waals surface area contributed by atoms with Gasteiger partial charge in [-0.2, -0.15) is 0 Å². The van der Waals surface area contributed by atoms with E-state index in [2.05, 4.69) is 0 Å². The number of esters is 2. The summed E-state index contributed by atoms with van der Waals surface area (Å²) in [7, 11) is 1.46. The van der Waals surface area contributed by atoms with Crippen molar-refractivity contribution in [2.24, 2.45) is 23.7 Å². The Morgan fingerprint density at radius 2 is 1.14 bits per heavy atom. The van der Waals surface area contributed by atoms with Gasteiger partial charge >= 0.3 is 11.9 Å². The van der Waals surface area contributed by atoms with E-state index in [9.17, 15) is 81.1 Å². The van der Waals surface area contributed by atoms with Crippen LogP contribution in [0.4, 0.5) is 0 Å². The fraction of sp³-hybridized carbons (Fsp3) is 0.920. The molecule has 8 rings (SSSR count). The Hall–Kier alpha value is -2.20. The Kier molecular flexibility index (Phi) is 21.0. The van der Waals surface area contributed by atoms with Crippen LogP contribution in [0, 0.1) is 23.7 Å². The van der Waals surface area contributed by atoms with Crippen LogP contribution >= 0.6 is 0 Å². The molecule has 15 N–H and O–H groups in total. The Morgan fingerprint density at radius 3 is 1.82 bits per heavy atom. The molecule has 0 amide bonds. The Labute approximate surface area is 438 Å². The Balaban J connectivity index is 1.06. The molecule has 12 unspecified atom stereocenters. The fourth-order valence-electron chi connectivity index (χ4n) is 12.4. The number of aliphatic hydroxyl groups excluding tert-OH is 14. The number of fused-ring (bicyclic) bond motifs is 1. The van der Waals surface area contributed by atoms with Crippen LogP contribution in [0.1, 0.15) is 83.5 Å². The van der Waals surface area contributed by atoms with Crippen LogP contribution in [0.3, 0.4) is 0 Å². The molecule has 8 fully saturated rings. The van der Waals surface area contributed by atoms with Gasteiger partial charge in [0.1, 0.15) is 92.6 Å². The third-order valence-electron chi connectivity index (χ3n) is 17.0. The predicted octanol–water partition coefficient (Wildman–Crippen LogP) is -5.47. The first-order valence-electron chi connectivity index (χ1n) is 26.9. The Bertz CT molecular complexity index is 1870. The van der Waals surface area contributed by atoms with Crippen LogP contribution in [0.2, 0.25) is 0 Å². The first-order chi connectivity index (χ1) is 36.2. The van der Waals surface area contributed by atoms with Gasteiger partial charge in [0.15, 0.2) is 31.1 Å². The highest BCUT2D eigenvalue weighted by Gasteiger charge is 2.58. The van der Waals surface area contributed by atoms with E-state index < -0.39 is 197 Å². The second-order valence-corrected chi connectivity index (χ2v) is 22.2. The molecule has 26 heteroatoms. The zero-order chi connectivity index (χ0) is 54.7. The average molecular weight is 1100 g/mol. The predicted molar refractivity (Wildman–Crippen MR) is 251 cm³/mol. The smallest absolute Gasteiger partial charge is 0.330 e. The van der Waals surface area contributed by atoms with Crippen molar-refractivity contribution in [3.05, 3.63) is 12.2 Å². The van der Waals surface area contributed by atoms with Crippen LogP contribution in [-0.2, 0) is 52.2 Å². The summed E-state index contributed by atoms with van der Waals surface area (Å²) in [6.45, 7) is -1.99. The average Bonchev–Trinajstić information content (AvgIpc) is 3.42. The molecule has 76 heavy (non-hydrogen) atoms. The lowest BCUT2D eigenvalue weighted by atomic mass is 9.72. The van der Waals surface area contributed by atoms with Gasteiger partial charge in [0, 0.05) is 31.9 Å². The van der Waals surface area contributed by atoms with E-state index in [0.717, 1.165) is 6.08 Å². The van der Waals surface area contributed by atoms with Crippen LogP contribution < -0.4 is 0 Å². The van der Waals surface area contributed by atoms with E-state index in [1.54, 1.807) is 0 Å². The molecule has 0 aromatic carbocycles. The number of aliphatic hydroxyl groups is 16. The van der Waals surface area contributed by atoms with E-state index in [4.69, 9.17) is 47.4 Å². The van der Waals surface area contributed by atoms with Crippen molar-refractivity contribution in [1.82, 2.24) is 0 Å². The van der Waals surface area contributed by atoms with Crippen molar-refractivity contribution >= 4 is 11.9 Å². The number of hydrogen-bond donors (Lipinski definition) is 14. The highest BCUT2D eigenvalue weighted by molar-refractivity contribution is 5.81. The van der Waals surface area contributed by atoms with Crippen LogP contribution in [-0.4, -0.2) is 268 Å². The number of rotatable bonds is 16. The summed E-state index contributed by atoms with van der Waals surface area (Å²) in [6, 6.07) is 0. The fourth-order valence-corrected chi connectivity index (χ4v) is 12.4. The molecule has 4 aliphatic heterocycles. The van der Waals surface area contributed by atoms with Gasteiger partial charge in [0.05, 0.1) is 61.2 Å². The quantitative estimate of drug-likeness (QED) is 0.0390. The lowest BCUT2D eigenvalue weighted by Crippen LogP contribution is -2.66. The number of carbonyl (C=O) groups excluding carboxylic acids is 2. The van der Waals surface area contributed by atoms with E-state index in [0.29, 0.717) is 57.8 Å². The molecule has 26 nitrogen and oxygen atoms in total. The topological polar surface area (TPSA) is 413 Å². The normalized spacial score (nSPS) is 49.4. The maximum Gasteiger partial charge on any atom is 0.330 e. The lowest BCUT2D eigenvalue weighted by Gasteiger charge is -2.51. The van der Waals surface area contributed by atoms with Gasteiger partial charge in [-0.15, -0.1) is 0 Å². The van der Waals surface area contributed by atoms with Crippen molar-refractivity contribution in [3.63, 3.8) is 0 Å². The maximum absolute atomic E-state index is 13.1. The number of ether oxygens (including phenoxy) is 10. The number of methoxy groups -OCH3 is 1. The van der Waals surface area contributed by atoms with Crippen molar-refractivity contribution in [2.45, 2.75) is 237 Å². The van der Waals surface area contributed by atoms with Gasteiger partial charge in [0.25, 0.3) is 0 Å². The van der Waals surface area contributed by atoms with Crippen molar-refractivity contribution < 1.29 is 128 Å². The molecule has 27 atom stereocenters. The van der Waals surface area contributed by atoms with E-state index >= 15 is 0 Å². The minimum atomic E-state index is -2.02. The van der Waals surface area contributed by atoms with Gasteiger partial charge in [-0.25, -0.2) is 4.79 Å². The summed E-state index contributed by atoms with van der Waals surface area (Å²) in [4.78, 5) is 26.1. The van der Waals surface area contributed by atoms with Crippen LogP contribution in [0.15, 0.2) is 12.2 Å². The second kappa shape index (κ2) is 26.6. The zero-order valence-corrected chi connectivity index (χ0v) is 42.4. The largest absolute Gasteiger partial charge is 0.463 e. The van der Waals surface area contributed by atoms with Gasteiger partial charge < -0.3 is 119 Å². The molecular weight excluding hydrogens is 1020 g/mol. The minimum absolute atomic E-state index is 0.0163. The summed E-state index contributed by atoms with van der Waals surface area (Å²) in [5, 5.41) is 151. The van der Waals surface area contributed by atoms with Gasteiger partial charge in [0.2, 0.25) is 0 Å². The summed E-state index contributed by atoms with van der Waals surface area (Å²) in [6.07, 6.45) is -28.0. The van der Waals surface area contributed by atoms with Crippen LogP contribution in [0.25, 0.3) is 0 Å². The minimum Gasteiger partial charge on any atom is -0.463 e. The molecule has 436 valence electrons. The summed E-state index contributed by atoms with van der Waals surface area (Å²) < 4.78 is 59.2. The van der Waals surface area contributed by atoms with Crippen molar-refractivity contribution in [3.8, 4) is 0 Å². The number of carbonyl (C=O) groups is 2. The number of allylic oxidation sites excluding steroid dienone is 1. The molecule has 0 bridgehead atoms. The molecule has 4 saturated heterocycles. The highest BCUT2D eigenvalue weighted by Crippen LogP contribution is 2.45. The van der Waals surface area contributed by atoms with Crippen LogP contribution in [0.5, 0.6) is 0 Å². The summed E-state index contributed by atoms with van der Waals surface area (Å²) in [5.41, 5.74) is 0. The molecule has 4 saturated carbocycles. The molecule has 4 aliphatic carbocycles. The van der Waals surface area contributed by atoms with E-state index in [-0.39, 0.29) is 37.5 Å². The lowest BCUT2D eigenvalue weighted by molar-refractivity contribution is -0.390. The molecule has 0 aromatic heterocycles. The third kappa shape index (κ3) is 13.9. The Morgan fingerprint density at radius 1 is 0.539 bits per heavy atom. The van der Waals surface area contributed by atoms with E-state index in [1.807, 2.05) is 0 Å². The monoisotopic (exact) mass is 1100 g/mol. The van der Waals surface area contributed by atoms with Crippen molar-refractivity contribution in [2.75, 3.05) is 26.9 Å². The standard InChI is InChI=1S/C50H80O26/c1-67-31-13-22(6-10-27(31)55)45-32(16-25-29(70-45)14-24(53)15-30(25)71-48-43(64)40(61)37(58)33(17-51)73-48)72-50-46(42(63)39(60)34(75-50)18-68-36(57)11-3-20-2-9-26(54)28(56)12-20)76-49-44(65)41(62)38(59)35(74-49)19-69-47(66)21-4-7-23(52)8-5-21/h3,11,20-35,37-46,48-56,58-65H,2,4-10,12-19H2,1H3/p+1/t20?,21?,22?,23?,24?,25?,26?,27?,28?,29?,30?,31?,32?,33-,34-,35-,37-,38-,39-,40+,41+,42+,43-,44-,45?,46-,48-,49+,50-/m1/s1. The third-order valence-corrected chi connectivity index (χ3v) is 17.0. The molecular formula is C50H81O26+. The molecule has 4 heterocycles.